The monoisotopic (exact) mass is 484 g/mol. The quantitative estimate of drug-likeness (QED) is 0.427. The van der Waals surface area contributed by atoms with Crippen LogP contribution >= 0.6 is 22.9 Å². The fourth-order valence-corrected chi connectivity index (χ4v) is 5.08. The van der Waals surface area contributed by atoms with Gasteiger partial charge in [0.15, 0.2) is 0 Å². The van der Waals surface area contributed by atoms with Crippen LogP contribution in [-0.4, -0.2) is 17.9 Å². The number of amides is 2. The topological polar surface area (TPSA) is 49.4 Å². The summed E-state index contributed by atoms with van der Waals surface area (Å²) in [5, 5.41) is 7.54. The molecule has 0 spiro atoms. The molecule has 1 N–H and O–H groups in total. The van der Waals surface area contributed by atoms with Gasteiger partial charge >= 0.3 is 0 Å². The smallest absolute Gasteiger partial charge is 0.248 e. The maximum atomic E-state index is 13.7. The van der Waals surface area contributed by atoms with Crippen molar-refractivity contribution in [1.82, 2.24) is 5.32 Å². The molecule has 1 saturated carbocycles. The van der Waals surface area contributed by atoms with Crippen molar-refractivity contribution in [3.8, 4) is 0 Å². The second-order valence-corrected chi connectivity index (χ2v) is 9.56. The zero-order chi connectivity index (χ0) is 23.2. The van der Waals surface area contributed by atoms with Gasteiger partial charge in [0.1, 0.15) is 11.9 Å². The molecule has 0 saturated heterocycles. The van der Waals surface area contributed by atoms with Crippen molar-refractivity contribution in [3.63, 3.8) is 0 Å². The van der Waals surface area contributed by atoms with Crippen LogP contribution in [0.1, 0.15) is 49.3 Å². The van der Waals surface area contributed by atoms with Gasteiger partial charge < -0.3 is 5.32 Å². The standard InChI is InChI=1S/C26H26ClFN2O2S/c27-20-8-12-23(13-9-20)30(24(31)16-18-14-15-33-17-18)25(19-6-10-21(28)11-7-19)26(32)29-22-4-2-1-3-5-22/h6-15,17,22,25H,1-5,16H2,(H,29,32)/t25-/m1/s1. The van der Waals surface area contributed by atoms with Gasteiger partial charge in [-0.25, -0.2) is 4.39 Å². The van der Waals surface area contributed by atoms with Crippen molar-refractivity contribution in [1.29, 1.82) is 0 Å². The maximum Gasteiger partial charge on any atom is 0.248 e. The largest absolute Gasteiger partial charge is 0.351 e. The number of hydrogen-bond acceptors (Lipinski definition) is 3. The number of halogens is 2. The third-order valence-corrected chi connectivity index (χ3v) is 6.94. The normalized spacial score (nSPS) is 15.1. The number of nitrogens with zero attached hydrogens (tertiary/aromatic N) is 1. The third kappa shape index (κ3) is 6.01. The highest BCUT2D eigenvalue weighted by Gasteiger charge is 2.34. The molecule has 0 radical (unpaired) electrons. The molecule has 1 heterocycles. The van der Waals surface area contributed by atoms with Crippen LogP contribution in [0.15, 0.2) is 65.4 Å². The molecule has 0 aliphatic heterocycles. The summed E-state index contributed by atoms with van der Waals surface area (Å²) < 4.78 is 13.7. The molecule has 0 unspecified atom stereocenters. The molecule has 4 rings (SSSR count). The lowest BCUT2D eigenvalue weighted by molar-refractivity contribution is -0.127. The molecule has 1 aliphatic carbocycles. The fourth-order valence-electron chi connectivity index (χ4n) is 4.28. The molecule has 1 aliphatic rings. The number of nitrogens with one attached hydrogen (secondary N) is 1. The average Bonchev–Trinajstić information content (AvgIpc) is 3.32. The molecule has 7 heteroatoms. The zero-order valence-corrected chi connectivity index (χ0v) is 19.7. The highest BCUT2D eigenvalue weighted by Crippen LogP contribution is 2.31. The Kier molecular flexibility index (Phi) is 7.78. The first-order valence-electron chi connectivity index (χ1n) is 11.2. The second kappa shape index (κ2) is 10.9. The molecule has 1 fully saturated rings. The van der Waals surface area contributed by atoms with Crippen molar-refractivity contribution in [2.45, 2.75) is 50.6 Å². The van der Waals surface area contributed by atoms with Gasteiger partial charge in [-0.1, -0.05) is 43.0 Å². The molecule has 3 aromatic rings. The van der Waals surface area contributed by atoms with Crippen LogP contribution < -0.4 is 10.2 Å². The Morgan fingerprint density at radius 1 is 1.03 bits per heavy atom. The summed E-state index contributed by atoms with van der Waals surface area (Å²) >= 11 is 7.61. The average molecular weight is 485 g/mol. The van der Waals surface area contributed by atoms with Crippen LogP contribution in [0.4, 0.5) is 10.1 Å². The van der Waals surface area contributed by atoms with Gasteiger partial charge in [0.2, 0.25) is 11.8 Å². The van der Waals surface area contributed by atoms with Gasteiger partial charge in [-0.3, -0.25) is 14.5 Å². The minimum absolute atomic E-state index is 0.0771. The van der Waals surface area contributed by atoms with Crippen LogP contribution in [0.5, 0.6) is 0 Å². The van der Waals surface area contributed by atoms with Gasteiger partial charge in [-0.05, 0) is 77.2 Å². The number of hydrogen-bond donors (Lipinski definition) is 1. The Balaban J connectivity index is 1.73. The van der Waals surface area contributed by atoms with Crippen LogP contribution in [0, 0.1) is 5.82 Å². The van der Waals surface area contributed by atoms with Crippen LogP contribution in [0.25, 0.3) is 0 Å². The van der Waals surface area contributed by atoms with E-state index in [1.807, 2.05) is 16.8 Å². The molecular weight excluding hydrogens is 459 g/mol. The van der Waals surface area contributed by atoms with E-state index in [4.69, 9.17) is 11.6 Å². The van der Waals surface area contributed by atoms with Gasteiger partial charge in [-0.15, -0.1) is 0 Å². The Labute approximate surface area is 202 Å². The summed E-state index contributed by atoms with van der Waals surface area (Å²) in [7, 11) is 0. The second-order valence-electron chi connectivity index (χ2n) is 8.35. The SMILES string of the molecule is O=C(NC1CCCCC1)[C@@H](c1ccc(F)cc1)N(C(=O)Cc1ccsc1)c1ccc(Cl)cc1. The van der Waals surface area contributed by atoms with Gasteiger partial charge in [0.25, 0.3) is 0 Å². The number of carbonyl (C=O) groups is 2. The highest BCUT2D eigenvalue weighted by molar-refractivity contribution is 7.08. The van der Waals surface area contributed by atoms with Gasteiger partial charge in [0, 0.05) is 16.8 Å². The first-order valence-corrected chi connectivity index (χ1v) is 12.5. The summed E-state index contributed by atoms with van der Waals surface area (Å²) in [6, 6.07) is 13.7. The van der Waals surface area contributed by atoms with Gasteiger partial charge in [-0.2, -0.15) is 11.3 Å². The van der Waals surface area contributed by atoms with Crippen molar-refractivity contribution in [2.24, 2.45) is 0 Å². The summed E-state index contributed by atoms with van der Waals surface area (Å²) in [5.41, 5.74) is 2.00. The molecule has 1 aromatic heterocycles. The number of carbonyl (C=O) groups excluding carboxylic acids is 2. The van der Waals surface area contributed by atoms with Crippen LogP contribution in [-0.2, 0) is 16.0 Å². The molecule has 1 atom stereocenters. The number of benzene rings is 2. The van der Waals surface area contributed by atoms with Gasteiger partial charge in [0.05, 0.1) is 6.42 Å². The first kappa shape index (κ1) is 23.5. The van der Waals surface area contributed by atoms with Crippen molar-refractivity contribution in [2.75, 3.05) is 4.90 Å². The Bertz CT molecular complexity index is 1060. The van der Waals surface area contributed by atoms with Crippen molar-refractivity contribution < 1.29 is 14.0 Å². The van der Waals surface area contributed by atoms with E-state index < -0.39 is 11.9 Å². The molecule has 4 nitrogen and oxygen atoms in total. The van der Waals surface area contributed by atoms with Crippen LogP contribution in [0.3, 0.4) is 0 Å². The number of thiophene rings is 1. The highest BCUT2D eigenvalue weighted by atomic mass is 35.5. The predicted molar refractivity (Wildman–Crippen MR) is 131 cm³/mol. The van der Waals surface area contributed by atoms with E-state index >= 15 is 0 Å². The van der Waals surface area contributed by atoms with Crippen molar-refractivity contribution in [3.05, 3.63) is 87.3 Å². The molecule has 33 heavy (non-hydrogen) atoms. The van der Waals surface area contributed by atoms with Crippen LogP contribution in [0.2, 0.25) is 5.02 Å². The third-order valence-electron chi connectivity index (χ3n) is 5.95. The minimum Gasteiger partial charge on any atom is -0.351 e. The molecule has 0 bridgehead atoms. The summed E-state index contributed by atoms with van der Waals surface area (Å²) in [6.45, 7) is 0. The number of anilines is 1. The Morgan fingerprint density at radius 3 is 2.36 bits per heavy atom. The lowest BCUT2D eigenvalue weighted by atomic mass is 9.94. The maximum absolute atomic E-state index is 13.7. The van der Waals surface area contributed by atoms with E-state index in [1.165, 1.54) is 34.8 Å². The van der Waals surface area contributed by atoms with E-state index in [-0.39, 0.29) is 24.3 Å². The predicted octanol–water partition coefficient (Wildman–Crippen LogP) is 6.31. The van der Waals surface area contributed by atoms with E-state index in [2.05, 4.69) is 5.32 Å². The van der Waals surface area contributed by atoms with E-state index in [0.717, 1.165) is 31.2 Å². The molecule has 2 aromatic carbocycles. The first-order chi connectivity index (χ1) is 16.0. The Morgan fingerprint density at radius 2 is 1.73 bits per heavy atom. The molecular formula is C26H26ClFN2O2S. The van der Waals surface area contributed by atoms with Crippen molar-refractivity contribution >= 4 is 40.4 Å². The Hall–Kier alpha value is -2.70. The lowest BCUT2D eigenvalue weighted by Crippen LogP contribution is -2.47. The number of rotatable bonds is 7. The fraction of sp³-hybridized carbons (Fsp3) is 0.308. The van der Waals surface area contributed by atoms with E-state index in [0.29, 0.717) is 16.3 Å². The molecule has 2 amide bonds. The zero-order valence-electron chi connectivity index (χ0n) is 18.2. The summed E-state index contributed by atoms with van der Waals surface area (Å²) in [6.07, 6.45) is 5.32. The minimum atomic E-state index is -0.931. The van der Waals surface area contributed by atoms with E-state index in [9.17, 15) is 14.0 Å². The summed E-state index contributed by atoms with van der Waals surface area (Å²) in [5.74, 6) is -0.876. The lowest BCUT2D eigenvalue weighted by Gasteiger charge is -2.33. The van der Waals surface area contributed by atoms with E-state index in [1.54, 1.807) is 36.4 Å². The molecule has 172 valence electrons. The summed E-state index contributed by atoms with van der Waals surface area (Å²) in [4.78, 5) is 28.8.